The minimum absolute atomic E-state index is 0.0453. The van der Waals surface area contributed by atoms with E-state index in [1.54, 1.807) is 20.3 Å². The number of nitrogens with zero attached hydrogens (tertiary/aromatic N) is 1. The van der Waals surface area contributed by atoms with Gasteiger partial charge in [-0.25, -0.2) is 9.78 Å². The first kappa shape index (κ1) is 21.1. The van der Waals surface area contributed by atoms with Crippen LogP contribution in [-0.2, 0) is 29.2 Å². The molecule has 0 bridgehead atoms. The van der Waals surface area contributed by atoms with Gasteiger partial charge in [0.15, 0.2) is 11.5 Å². The van der Waals surface area contributed by atoms with Crippen molar-refractivity contribution in [2.75, 3.05) is 14.2 Å². The first-order valence-corrected chi connectivity index (χ1v) is 9.11. The highest BCUT2D eigenvalue weighted by atomic mass is 16.5. The summed E-state index contributed by atoms with van der Waals surface area (Å²) in [5.41, 5.74) is 0.931. The van der Waals surface area contributed by atoms with Gasteiger partial charge in [0.05, 0.1) is 19.6 Å². The third-order valence-corrected chi connectivity index (χ3v) is 4.49. The van der Waals surface area contributed by atoms with Gasteiger partial charge < -0.3 is 19.5 Å². The van der Waals surface area contributed by atoms with Crippen LogP contribution in [0.15, 0.2) is 34.0 Å². The molecule has 1 aromatic carbocycles. The largest absolute Gasteiger partial charge is 0.493 e. The molecule has 3 N–H and O–H groups in total. The Bertz CT molecular complexity index is 1180. The van der Waals surface area contributed by atoms with Gasteiger partial charge in [-0.1, -0.05) is 12.1 Å². The van der Waals surface area contributed by atoms with Gasteiger partial charge in [-0.05, 0) is 11.6 Å². The summed E-state index contributed by atoms with van der Waals surface area (Å²) in [6.07, 6.45) is 1.48. The summed E-state index contributed by atoms with van der Waals surface area (Å²) in [6.45, 7) is 1.92. The maximum atomic E-state index is 12.4. The van der Waals surface area contributed by atoms with Crippen molar-refractivity contribution < 1.29 is 19.0 Å². The topological polar surface area (TPSA) is 135 Å². The SMILES string of the molecule is COc1cccc(CNCc2c(COC(C)=O)cnc3[nH]c(=O)[nH]c(=O)c23)c1OC. The fourth-order valence-corrected chi connectivity index (χ4v) is 3.15. The average molecular weight is 414 g/mol. The van der Waals surface area contributed by atoms with Crippen LogP contribution in [0.4, 0.5) is 0 Å². The van der Waals surface area contributed by atoms with Crippen LogP contribution < -0.4 is 26.0 Å². The van der Waals surface area contributed by atoms with Crippen molar-refractivity contribution in [3.63, 3.8) is 0 Å². The minimum atomic E-state index is -0.646. The van der Waals surface area contributed by atoms with Crippen molar-refractivity contribution >= 4 is 17.0 Å². The molecular formula is C20H22N4O6. The number of nitrogens with one attached hydrogen (secondary N) is 3. The second-order valence-corrected chi connectivity index (χ2v) is 6.43. The lowest BCUT2D eigenvalue weighted by molar-refractivity contribution is -0.142. The van der Waals surface area contributed by atoms with E-state index in [0.29, 0.717) is 29.2 Å². The highest BCUT2D eigenvalue weighted by Crippen LogP contribution is 2.30. The maximum absolute atomic E-state index is 12.4. The number of hydrogen-bond donors (Lipinski definition) is 3. The Morgan fingerprint density at radius 3 is 2.60 bits per heavy atom. The van der Waals surface area contributed by atoms with Crippen LogP contribution in [0.2, 0.25) is 0 Å². The van der Waals surface area contributed by atoms with E-state index < -0.39 is 17.2 Å². The summed E-state index contributed by atoms with van der Waals surface area (Å²) in [4.78, 5) is 44.1. The number of H-pyrrole nitrogens is 2. The molecule has 0 saturated carbocycles. The Morgan fingerprint density at radius 1 is 1.10 bits per heavy atom. The van der Waals surface area contributed by atoms with Gasteiger partial charge in [-0.3, -0.25) is 19.6 Å². The number of fused-ring (bicyclic) bond motifs is 1. The van der Waals surface area contributed by atoms with Crippen LogP contribution in [0, 0.1) is 0 Å². The third kappa shape index (κ3) is 4.49. The Morgan fingerprint density at radius 2 is 1.90 bits per heavy atom. The lowest BCUT2D eigenvalue weighted by atomic mass is 10.1. The maximum Gasteiger partial charge on any atom is 0.327 e. The van der Waals surface area contributed by atoms with Crippen molar-refractivity contribution in [1.82, 2.24) is 20.3 Å². The smallest absolute Gasteiger partial charge is 0.327 e. The molecule has 0 aliphatic heterocycles. The number of methoxy groups -OCH3 is 2. The summed E-state index contributed by atoms with van der Waals surface area (Å²) in [6, 6.07) is 5.54. The Balaban J connectivity index is 1.94. The van der Waals surface area contributed by atoms with Crippen LogP contribution in [-0.4, -0.2) is 35.1 Å². The summed E-state index contributed by atoms with van der Waals surface area (Å²) >= 11 is 0. The van der Waals surface area contributed by atoms with Crippen molar-refractivity contribution in [2.45, 2.75) is 26.6 Å². The third-order valence-electron chi connectivity index (χ3n) is 4.49. The van der Waals surface area contributed by atoms with E-state index in [1.807, 2.05) is 12.1 Å². The number of benzene rings is 1. The summed E-state index contributed by atoms with van der Waals surface area (Å²) < 4.78 is 15.8. The molecule has 0 aliphatic carbocycles. The Labute approximate surface area is 171 Å². The molecular weight excluding hydrogens is 392 g/mol. The van der Waals surface area contributed by atoms with Crippen LogP contribution >= 0.6 is 0 Å². The van der Waals surface area contributed by atoms with E-state index in [0.717, 1.165) is 5.56 Å². The van der Waals surface area contributed by atoms with Crippen LogP contribution in [0.5, 0.6) is 11.5 Å². The number of carbonyl (C=O) groups is 1. The lowest BCUT2D eigenvalue weighted by Crippen LogP contribution is -2.25. The molecule has 0 atom stereocenters. The zero-order valence-electron chi connectivity index (χ0n) is 16.8. The molecule has 2 aromatic heterocycles. The number of carbonyl (C=O) groups excluding carboxylic acids is 1. The zero-order chi connectivity index (χ0) is 21.7. The monoisotopic (exact) mass is 414 g/mol. The number of hydrogen-bond acceptors (Lipinski definition) is 8. The highest BCUT2D eigenvalue weighted by molar-refractivity contribution is 5.78. The molecule has 0 spiro atoms. The van der Waals surface area contributed by atoms with E-state index in [1.165, 1.54) is 13.1 Å². The first-order valence-electron chi connectivity index (χ1n) is 9.11. The van der Waals surface area contributed by atoms with Crippen LogP contribution in [0.25, 0.3) is 11.0 Å². The number of aromatic nitrogens is 3. The fourth-order valence-electron chi connectivity index (χ4n) is 3.15. The normalized spacial score (nSPS) is 10.8. The molecule has 0 amide bonds. The molecule has 30 heavy (non-hydrogen) atoms. The summed E-state index contributed by atoms with van der Waals surface area (Å²) in [5, 5.41) is 3.48. The van der Waals surface area contributed by atoms with Crippen molar-refractivity contribution in [1.29, 1.82) is 0 Å². The number of ether oxygens (including phenoxy) is 3. The van der Waals surface area contributed by atoms with Crippen molar-refractivity contribution in [2.24, 2.45) is 0 Å². The van der Waals surface area contributed by atoms with Crippen molar-refractivity contribution in [3.8, 4) is 11.5 Å². The fraction of sp³-hybridized carbons (Fsp3) is 0.300. The van der Waals surface area contributed by atoms with Gasteiger partial charge in [0, 0.05) is 37.3 Å². The van der Waals surface area contributed by atoms with Gasteiger partial charge in [-0.15, -0.1) is 0 Å². The molecule has 10 nitrogen and oxygen atoms in total. The molecule has 10 heteroatoms. The molecule has 0 fully saturated rings. The number of rotatable bonds is 8. The average Bonchev–Trinajstić information content (AvgIpc) is 2.72. The lowest BCUT2D eigenvalue weighted by Gasteiger charge is -2.15. The standard InChI is InChI=1S/C20H22N4O6/c1-11(25)30-10-13-8-22-18-16(19(26)24-20(27)23-18)14(13)9-21-7-12-5-4-6-15(28-2)17(12)29-3/h4-6,8,21H,7,9-10H2,1-3H3,(H2,22,23,24,26,27). The quantitative estimate of drug-likeness (QED) is 0.464. The molecule has 0 unspecified atom stereocenters. The Kier molecular flexibility index (Phi) is 6.48. The zero-order valence-corrected chi connectivity index (χ0v) is 16.8. The number of para-hydroxylation sites is 1. The van der Waals surface area contributed by atoms with Crippen LogP contribution in [0.1, 0.15) is 23.6 Å². The van der Waals surface area contributed by atoms with Gasteiger partial charge in [0.25, 0.3) is 5.56 Å². The molecule has 0 radical (unpaired) electrons. The molecule has 3 rings (SSSR count). The number of aromatic amines is 2. The number of pyridine rings is 1. The predicted octanol–water partition coefficient (Wildman–Crippen LogP) is 0.981. The molecule has 158 valence electrons. The van der Waals surface area contributed by atoms with Gasteiger partial charge >= 0.3 is 11.7 Å². The van der Waals surface area contributed by atoms with E-state index in [4.69, 9.17) is 14.2 Å². The van der Waals surface area contributed by atoms with Crippen LogP contribution in [0.3, 0.4) is 0 Å². The predicted molar refractivity (Wildman–Crippen MR) is 109 cm³/mol. The van der Waals surface area contributed by atoms with Gasteiger partial charge in [0.2, 0.25) is 0 Å². The summed E-state index contributed by atoms with van der Waals surface area (Å²) in [5.74, 6) is 0.760. The van der Waals surface area contributed by atoms with E-state index >= 15 is 0 Å². The molecule has 3 aromatic rings. The van der Waals surface area contributed by atoms with Gasteiger partial charge in [-0.2, -0.15) is 0 Å². The number of esters is 1. The molecule has 2 heterocycles. The second-order valence-electron chi connectivity index (χ2n) is 6.43. The van der Waals surface area contributed by atoms with Crippen molar-refractivity contribution in [3.05, 3.63) is 61.9 Å². The second kappa shape index (κ2) is 9.23. The van der Waals surface area contributed by atoms with Gasteiger partial charge in [0.1, 0.15) is 12.3 Å². The highest BCUT2D eigenvalue weighted by Gasteiger charge is 2.15. The first-order chi connectivity index (χ1) is 14.4. The summed E-state index contributed by atoms with van der Waals surface area (Å²) in [7, 11) is 3.12. The molecule has 0 aliphatic rings. The van der Waals surface area contributed by atoms with E-state index in [9.17, 15) is 14.4 Å². The Hall–Kier alpha value is -3.66. The van der Waals surface area contributed by atoms with E-state index in [-0.39, 0.29) is 24.2 Å². The minimum Gasteiger partial charge on any atom is -0.493 e. The molecule has 0 saturated heterocycles. The van der Waals surface area contributed by atoms with E-state index in [2.05, 4.69) is 20.3 Å².